The molecule has 1 aromatic carbocycles. The maximum atomic E-state index is 12.3. The molecule has 0 radical (unpaired) electrons. The van der Waals surface area contributed by atoms with Gasteiger partial charge in [0.1, 0.15) is 6.04 Å². The van der Waals surface area contributed by atoms with Crippen LogP contribution in [-0.4, -0.2) is 20.9 Å². The molecule has 1 unspecified atom stereocenters. The van der Waals surface area contributed by atoms with E-state index in [-0.39, 0.29) is 5.91 Å². The lowest BCUT2D eigenvalue weighted by atomic mass is 10.2. The number of nitrogens with one attached hydrogen (secondary N) is 1. The van der Waals surface area contributed by atoms with Gasteiger partial charge in [-0.25, -0.2) is 4.68 Å². The molecule has 3 aromatic rings. The van der Waals surface area contributed by atoms with E-state index in [1.165, 1.54) is 11.3 Å². The number of carbonyl (C=O) groups is 1. The van der Waals surface area contributed by atoms with Crippen molar-refractivity contribution in [2.75, 3.05) is 5.32 Å². The lowest BCUT2D eigenvalue weighted by Gasteiger charge is -2.13. The molecule has 3 N–H and O–H groups in total. The molecular weight excluding hydrogens is 286 g/mol. The number of nitrogens with zero attached hydrogens (tertiary/aromatic N) is 3. The van der Waals surface area contributed by atoms with Crippen LogP contribution in [0.3, 0.4) is 0 Å². The summed E-state index contributed by atoms with van der Waals surface area (Å²) in [6.07, 6.45) is 3.29. The highest BCUT2D eigenvalue weighted by Gasteiger charge is 2.18. The summed E-state index contributed by atoms with van der Waals surface area (Å²) in [5.74, 6) is -0.259. The van der Waals surface area contributed by atoms with E-state index < -0.39 is 6.04 Å². The van der Waals surface area contributed by atoms with Gasteiger partial charge in [-0.3, -0.25) is 4.79 Å². The number of anilines is 1. The van der Waals surface area contributed by atoms with Crippen LogP contribution in [0, 0.1) is 0 Å². The van der Waals surface area contributed by atoms with Gasteiger partial charge in [0.05, 0.1) is 23.8 Å². The average molecular weight is 299 g/mol. The maximum Gasteiger partial charge on any atom is 0.246 e. The number of benzene rings is 1. The third kappa shape index (κ3) is 2.83. The van der Waals surface area contributed by atoms with Gasteiger partial charge >= 0.3 is 0 Å². The second-order valence-electron chi connectivity index (χ2n) is 4.35. The zero-order chi connectivity index (χ0) is 14.7. The van der Waals surface area contributed by atoms with Gasteiger partial charge in [-0.15, -0.1) is 16.4 Å². The van der Waals surface area contributed by atoms with Gasteiger partial charge < -0.3 is 11.1 Å². The quantitative estimate of drug-likeness (QED) is 0.771. The largest absolute Gasteiger partial charge is 0.323 e. The van der Waals surface area contributed by atoms with Crippen LogP contribution in [0.25, 0.3) is 5.69 Å². The van der Waals surface area contributed by atoms with E-state index in [1.54, 1.807) is 23.1 Å². The molecule has 106 valence electrons. The van der Waals surface area contributed by atoms with Crippen LogP contribution in [0.15, 0.2) is 54.2 Å². The SMILES string of the molecule is NC(C(=O)Nc1ccccc1-n1ccnn1)c1cccs1. The first-order valence-corrected chi connectivity index (χ1v) is 7.19. The van der Waals surface area contributed by atoms with Crippen molar-refractivity contribution in [1.29, 1.82) is 0 Å². The summed E-state index contributed by atoms with van der Waals surface area (Å²) in [6, 6.07) is 10.4. The van der Waals surface area contributed by atoms with E-state index in [0.717, 1.165) is 10.6 Å². The van der Waals surface area contributed by atoms with Crippen molar-refractivity contribution < 1.29 is 4.79 Å². The average Bonchev–Trinajstić information content (AvgIpc) is 3.20. The Kier molecular flexibility index (Phi) is 3.76. The van der Waals surface area contributed by atoms with Gasteiger partial charge in [-0.2, -0.15) is 0 Å². The van der Waals surface area contributed by atoms with Crippen LogP contribution in [-0.2, 0) is 4.79 Å². The van der Waals surface area contributed by atoms with Crippen LogP contribution in [0.4, 0.5) is 5.69 Å². The molecule has 0 saturated carbocycles. The summed E-state index contributed by atoms with van der Waals surface area (Å²) < 4.78 is 1.59. The predicted octanol–water partition coefficient (Wildman–Crippen LogP) is 1.97. The summed E-state index contributed by atoms with van der Waals surface area (Å²) >= 11 is 1.46. The van der Waals surface area contributed by atoms with Crippen molar-refractivity contribution >= 4 is 22.9 Å². The number of hydrogen-bond donors (Lipinski definition) is 2. The Hall–Kier alpha value is -2.51. The molecule has 0 bridgehead atoms. The third-order valence-corrected chi connectivity index (χ3v) is 3.92. The van der Waals surface area contributed by atoms with Gasteiger partial charge in [-0.05, 0) is 23.6 Å². The summed E-state index contributed by atoms with van der Waals surface area (Å²) in [4.78, 5) is 13.1. The summed E-state index contributed by atoms with van der Waals surface area (Å²) in [6.45, 7) is 0. The van der Waals surface area contributed by atoms with Crippen LogP contribution >= 0.6 is 11.3 Å². The normalized spacial score (nSPS) is 12.0. The van der Waals surface area contributed by atoms with Crippen LogP contribution in [0.2, 0.25) is 0 Å². The highest BCUT2D eigenvalue weighted by Crippen LogP contribution is 2.22. The Labute approximate surface area is 125 Å². The molecule has 1 atom stereocenters. The third-order valence-electron chi connectivity index (χ3n) is 2.96. The number of thiophene rings is 1. The molecule has 0 aliphatic carbocycles. The van der Waals surface area contributed by atoms with E-state index in [1.807, 2.05) is 35.7 Å². The molecule has 0 spiro atoms. The fraction of sp³-hybridized carbons (Fsp3) is 0.0714. The monoisotopic (exact) mass is 299 g/mol. The Morgan fingerprint density at radius 2 is 2.14 bits per heavy atom. The highest BCUT2D eigenvalue weighted by atomic mass is 32.1. The molecule has 2 aromatic heterocycles. The first-order chi connectivity index (χ1) is 10.3. The lowest BCUT2D eigenvalue weighted by Crippen LogP contribution is -2.27. The topological polar surface area (TPSA) is 85.8 Å². The van der Waals surface area contributed by atoms with Gasteiger partial charge in [-0.1, -0.05) is 23.4 Å². The minimum absolute atomic E-state index is 0.259. The van der Waals surface area contributed by atoms with E-state index in [0.29, 0.717) is 5.69 Å². The van der Waals surface area contributed by atoms with Crippen LogP contribution in [0.5, 0.6) is 0 Å². The Morgan fingerprint density at radius 1 is 1.29 bits per heavy atom. The van der Waals surface area contributed by atoms with Crippen molar-refractivity contribution in [3.63, 3.8) is 0 Å². The van der Waals surface area contributed by atoms with E-state index >= 15 is 0 Å². The van der Waals surface area contributed by atoms with Gasteiger partial charge in [0.2, 0.25) is 5.91 Å². The molecule has 2 heterocycles. The molecule has 0 aliphatic heterocycles. The van der Waals surface area contributed by atoms with E-state index in [4.69, 9.17) is 5.73 Å². The zero-order valence-corrected chi connectivity index (χ0v) is 11.8. The molecule has 1 amide bonds. The van der Waals surface area contributed by atoms with Crippen molar-refractivity contribution in [3.05, 3.63) is 59.0 Å². The maximum absolute atomic E-state index is 12.3. The molecule has 0 saturated heterocycles. The van der Waals surface area contributed by atoms with Crippen molar-refractivity contribution in [3.8, 4) is 5.69 Å². The summed E-state index contributed by atoms with van der Waals surface area (Å²) in [7, 11) is 0. The standard InChI is InChI=1S/C14H13N5OS/c15-13(12-6-3-9-21-12)14(20)17-10-4-1-2-5-11(10)19-8-7-16-18-19/h1-9,13H,15H2,(H,17,20). The minimum atomic E-state index is -0.686. The molecule has 6 nitrogen and oxygen atoms in total. The second-order valence-corrected chi connectivity index (χ2v) is 5.33. The zero-order valence-electron chi connectivity index (χ0n) is 11.0. The number of aromatic nitrogens is 3. The number of amides is 1. The molecule has 3 rings (SSSR count). The summed E-state index contributed by atoms with van der Waals surface area (Å²) in [5.41, 5.74) is 7.34. The minimum Gasteiger partial charge on any atom is -0.323 e. The van der Waals surface area contributed by atoms with E-state index in [9.17, 15) is 4.79 Å². The van der Waals surface area contributed by atoms with Crippen molar-refractivity contribution in [2.45, 2.75) is 6.04 Å². The fourth-order valence-corrected chi connectivity index (χ4v) is 2.65. The first-order valence-electron chi connectivity index (χ1n) is 6.31. The Balaban J connectivity index is 1.84. The van der Waals surface area contributed by atoms with Gasteiger partial charge in [0.25, 0.3) is 0 Å². The Morgan fingerprint density at radius 3 is 2.86 bits per heavy atom. The van der Waals surface area contributed by atoms with E-state index in [2.05, 4.69) is 15.6 Å². The number of para-hydroxylation sites is 2. The smallest absolute Gasteiger partial charge is 0.246 e. The Bertz CT molecular complexity index is 724. The molecule has 0 aliphatic rings. The number of carbonyl (C=O) groups excluding carboxylic acids is 1. The second kappa shape index (κ2) is 5.86. The number of hydrogen-bond acceptors (Lipinski definition) is 5. The predicted molar refractivity (Wildman–Crippen MR) is 81.2 cm³/mol. The van der Waals surface area contributed by atoms with Gasteiger partial charge in [0, 0.05) is 4.88 Å². The van der Waals surface area contributed by atoms with Crippen LogP contribution in [0.1, 0.15) is 10.9 Å². The van der Waals surface area contributed by atoms with Crippen molar-refractivity contribution in [1.82, 2.24) is 15.0 Å². The number of nitrogens with two attached hydrogens (primary N) is 1. The van der Waals surface area contributed by atoms with Crippen molar-refractivity contribution in [2.24, 2.45) is 5.73 Å². The first kappa shape index (κ1) is 13.5. The highest BCUT2D eigenvalue weighted by molar-refractivity contribution is 7.10. The molecule has 7 heteroatoms. The summed E-state index contributed by atoms with van der Waals surface area (Å²) in [5, 5.41) is 12.4. The fourth-order valence-electron chi connectivity index (χ4n) is 1.92. The number of rotatable bonds is 4. The van der Waals surface area contributed by atoms with Crippen LogP contribution < -0.4 is 11.1 Å². The van der Waals surface area contributed by atoms with Gasteiger partial charge in [0.15, 0.2) is 0 Å². The molecular formula is C14H13N5OS. The lowest BCUT2D eigenvalue weighted by molar-refractivity contribution is -0.117. The molecule has 21 heavy (non-hydrogen) atoms. The molecule has 0 fully saturated rings.